The molecular formula is C24H28F3NO3. The maximum absolute atomic E-state index is 12.9. The summed E-state index contributed by atoms with van der Waals surface area (Å²) in [6.45, 7) is 1.99. The number of ether oxygens (including phenoxy) is 1. The SMILES string of the molecule is O=C1CC2(CO1)CC(C(=O)N1CCC3(CCC(c4ccc(C(F)(F)F)cc4)C3)CC1)C2. The molecule has 2 aliphatic carbocycles. The van der Waals surface area contributed by atoms with Crippen LogP contribution in [0.3, 0.4) is 0 Å². The van der Waals surface area contributed by atoms with E-state index in [0.717, 1.165) is 63.6 Å². The van der Waals surface area contributed by atoms with Gasteiger partial charge in [0, 0.05) is 24.4 Å². The van der Waals surface area contributed by atoms with Crippen LogP contribution < -0.4 is 0 Å². The first kappa shape index (κ1) is 20.8. The molecule has 2 saturated heterocycles. The van der Waals surface area contributed by atoms with Crippen LogP contribution >= 0.6 is 0 Å². The quantitative estimate of drug-likeness (QED) is 0.619. The minimum Gasteiger partial charge on any atom is -0.465 e. The Kier molecular flexibility index (Phi) is 4.87. The van der Waals surface area contributed by atoms with Crippen LogP contribution in [0.4, 0.5) is 13.2 Å². The highest BCUT2D eigenvalue weighted by Gasteiger charge is 2.54. The topological polar surface area (TPSA) is 46.6 Å². The van der Waals surface area contributed by atoms with E-state index in [1.807, 2.05) is 4.90 Å². The van der Waals surface area contributed by atoms with Gasteiger partial charge in [-0.25, -0.2) is 0 Å². The molecule has 0 N–H and O–H groups in total. The third-order valence-electron chi connectivity index (χ3n) is 8.31. The van der Waals surface area contributed by atoms with Gasteiger partial charge in [0.25, 0.3) is 0 Å². The highest BCUT2D eigenvalue weighted by Crippen LogP contribution is 2.54. The molecule has 2 saturated carbocycles. The number of piperidine rings is 1. The lowest BCUT2D eigenvalue weighted by molar-refractivity contribution is -0.146. The number of cyclic esters (lactones) is 1. The third-order valence-corrected chi connectivity index (χ3v) is 8.31. The molecule has 1 aromatic carbocycles. The first-order valence-electron chi connectivity index (χ1n) is 11.3. The number of carbonyl (C=O) groups is 2. The van der Waals surface area contributed by atoms with E-state index in [0.29, 0.717) is 18.9 Å². The second kappa shape index (κ2) is 7.24. The lowest BCUT2D eigenvalue weighted by atomic mass is 9.61. The molecule has 1 unspecified atom stereocenters. The second-order valence-corrected chi connectivity index (χ2v) is 10.3. The summed E-state index contributed by atoms with van der Waals surface area (Å²) in [5, 5.41) is 0. The number of nitrogens with zero attached hydrogens (tertiary/aromatic N) is 1. The van der Waals surface area contributed by atoms with Crippen LogP contribution in [0.5, 0.6) is 0 Å². The maximum atomic E-state index is 12.9. The fourth-order valence-electron chi connectivity index (χ4n) is 6.41. The number of likely N-dealkylation sites (tertiary alicyclic amines) is 1. The summed E-state index contributed by atoms with van der Waals surface area (Å²) in [6, 6.07) is 5.65. The standard InChI is InChI=1S/C24H28F3NO3/c25-24(26,27)19-3-1-16(2-4-19)17-5-6-22(11-17)7-9-28(10-8-22)21(30)18-12-23(13-18)14-20(29)31-15-23/h1-4,17-18H,5-15H2. The molecule has 1 atom stereocenters. The Labute approximate surface area is 180 Å². The fraction of sp³-hybridized carbons (Fsp3) is 0.667. The summed E-state index contributed by atoms with van der Waals surface area (Å²) in [7, 11) is 0. The summed E-state index contributed by atoms with van der Waals surface area (Å²) in [6.07, 6.45) is 2.67. The molecule has 0 radical (unpaired) electrons. The van der Waals surface area contributed by atoms with Gasteiger partial charge in [0.1, 0.15) is 0 Å². The van der Waals surface area contributed by atoms with Crippen molar-refractivity contribution in [1.29, 1.82) is 0 Å². The summed E-state index contributed by atoms with van der Waals surface area (Å²) in [5.74, 6) is 0.398. The van der Waals surface area contributed by atoms with E-state index in [2.05, 4.69) is 0 Å². The predicted molar refractivity (Wildman–Crippen MR) is 107 cm³/mol. The monoisotopic (exact) mass is 435 g/mol. The number of hydrogen-bond donors (Lipinski definition) is 0. The van der Waals surface area contributed by atoms with Gasteiger partial charge in [-0.3, -0.25) is 9.59 Å². The minimum atomic E-state index is -4.30. The van der Waals surface area contributed by atoms with Crippen LogP contribution in [0.2, 0.25) is 0 Å². The Morgan fingerprint density at radius 3 is 2.26 bits per heavy atom. The van der Waals surface area contributed by atoms with Crippen LogP contribution in [-0.4, -0.2) is 36.5 Å². The number of rotatable bonds is 2. The largest absolute Gasteiger partial charge is 0.465 e. The second-order valence-electron chi connectivity index (χ2n) is 10.3. The molecule has 5 rings (SSSR count). The van der Waals surface area contributed by atoms with E-state index in [-0.39, 0.29) is 28.6 Å². The van der Waals surface area contributed by atoms with Gasteiger partial charge in [0.05, 0.1) is 18.6 Å². The average Bonchev–Trinajstić information content (AvgIpc) is 3.31. The summed E-state index contributed by atoms with van der Waals surface area (Å²) in [4.78, 5) is 26.3. The van der Waals surface area contributed by atoms with Gasteiger partial charge < -0.3 is 9.64 Å². The van der Waals surface area contributed by atoms with Gasteiger partial charge in [-0.05, 0) is 74.0 Å². The molecule has 4 nitrogen and oxygen atoms in total. The molecule has 168 valence electrons. The molecule has 0 aromatic heterocycles. The van der Waals surface area contributed by atoms with Crippen LogP contribution in [0, 0.1) is 16.7 Å². The number of halogens is 3. The van der Waals surface area contributed by atoms with E-state index in [9.17, 15) is 22.8 Å². The van der Waals surface area contributed by atoms with Gasteiger partial charge in [-0.2, -0.15) is 13.2 Å². The molecule has 2 heterocycles. The number of hydrogen-bond acceptors (Lipinski definition) is 3. The van der Waals surface area contributed by atoms with Crippen molar-refractivity contribution in [2.24, 2.45) is 16.7 Å². The molecule has 2 aliphatic heterocycles. The lowest BCUT2D eigenvalue weighted by Crippen LogP contribution is -2.50. The molecule has 2 spiro atoms. The Balaban J connectivity index is 1.14. The van der Waals surface area contributed by atoms with Crippen molar-refractivity contribution in [1.82, 2.24) is 4.90 Å². The van der Waals surface area contributed by atoms with Crippen molar-refractivity contribution < 1.29 is 27.5 Å². The number of carbonyl (C=O) groups excluding carboxylic acids is 2. The van der Waals surface area contributed by atoms with Crippen LogP contribution in [0.25, 0.3) is 0 Å². The highest BCUT2D eigenvalue weighted by atomic mass is 19.4. The number of amides is 1. The van der Waals surface area contributed by atoms with Gasteiger partial charge in [-0.1, -0.05) is 12.1 Å². The zero-order chi connectivity index (χ0) is 21.9. The minimum absolute atomic E-state index is 0.0204. The Morgan fingerprint density at radius 1 is 1.00 bits per heavy atom. The fourth-order valence-corrected chi connectivity index (χ4v) is 6.41. The number of alkyl halides is 3. The normalized spacial score (nSPS) is 32.4. The van der Waals surface area contributed by atoms with E-state index in [1.54, 1.807) is 12.1 Å². The summed E-state index contributed by atoms with van der Waals surface area (Å²) in [5.41, 5.74) is 0.518. The molecule has 0 bridgehead atoms. The molecular weight excluding hydrogens is 407 g/mol. The molecule has 31 heavy (non-hydrogen) atoms. The number of esters is 1. The Morgan fingerprint density at radius 2 is 1.68 bits per heavy atom. The van der Waals surface area contributed by atoms with E-state index >= 15 is 0 Å². The van der Waals surface area contributed by atoms with Crippen LogP contribution in [-0.2, 0) is 20.5 Å². The summed E-state index contributed by atoms with van der Waals surface area (Å²) < 4.78 is 43.6. The van der Waals surface area contributed by atoms with Crippen LogP contribution in [0.1, 0.15) is 68.4 Å². The van der Waals surface area contributed by atoms with Crippen LogP contribution in [0.15, 0.2) is 24.3 Å². The van der Waals surface area contributed by atoms with Gasteiger partial charge in [0.15, 0.2) is 0 Å². The lowest BCUT2D eigenvalue weighted by Gasteiger charge is -2.46. The van der Waals surface area contributed by atoms with Crippen molar-refractivity contribution in [3.8, 4) is 0 Å². The third kappa shape index (κ3) is 3.85. The smallest absolute Gasteiger partial charge is 0.416 e. The van der Waals surface area contributed by atoms with E-state index < -0.39 is 11.7 Å². The van der Waals surface area contributed by atoms with Crippen molar-refractivity contribution in [3.05, 3.63) is 35.4 Å². The van der Waals surface area contributed by atoms with Crippen molar-refractivity contribution in [2.45, 2.75) is 63.5 Å². The Hall–Kier alpha value is -2.05. The van der Waals surface area contributed by atoms with Gasteiger partial charge >= 0.3 is 12.1 Å². The van der Waals surface area contributed by atoms with Crippen molar-refractivity contribution in [2.75, 3.05) is 19.7 Å². The highest BCUT2D eigenvalue weighted by molar-refractivity contribution is 5.81. The molecule has 1 aromatic rings. The Bertz CT molecular complexity index is 865. The van der Waals surface area contributed by atoms with Gasteiger partial charge in [-0.15, -0.1) is 0 Å². The van der Waals surface area contributed by atoms with E-state index in [4.69, 9.17) is 4.74 Å². The maximum Gasteiger partial charge on any atom is 0.416 e. The molecule has 1 amide bonds. The number of benzene rings is 1. The van der Waals surface area contributed by atoms with Gasteiger partial charge in [0.2, 0.25) is 5.91 Å². The average molecular weight is 435 g/mol. The van der Waals surface area contributed by atoms with Crippen molar-refractivity contribution in [3.63, 3.8) is 0 Å². The first-order chi connectivity index (χ1) is 14.7. The molecule has 4 aliphatic rings. The predicted octanol–water partition coefficient (Wildman–Crippen LogP) is 4.93. The molecule has 4 fully saturated rings. The van der Waals surface area contributed by atoms with Crippen molar-refractivity contribution >= 4 is 11.9 Å². The zero-order valence-electron chi connectivity index (χ0n) is 17.5. The first-order valence-corrected chi connectivity index (χ1v) is 11.3. The summed E-state index contributed by atoms with van der Waals surface area (Å²) >= 11 is 0. The van der Waals surface area contributed by atoms with E-state index in [1.165, 1.54) is 12.1 Å². The molecule has 7 heteroatoms. The zero-order valence-corrected chi connectivity index (χ0v) is 17.5.